The number of anilines is 1. The normalized spacial score (nSPS) is 12.4. The Morgan fingerprint density at radius 2 is 2.10 bits per heavy atom. The largest absolute Gasteiger partial charge is 0.389 e. The number of ether oxygens (including phenoxy) is 1. The first-order chi connectivity index (χ1) is 9.65. The highest BCUT2D eigenvalue weighted by Crippen LogP contribution is 2.17. The Hall–Kier alpha value is -1.13. The van der Waals surface area contributed by atoms with Crippen LogP contribution in [0.25, 0.3) is 0 Å². The molecule has 0 fully saturated rings. The van der Waals surface area contributed by atoms with Gasteiger partial charge in [0.2, 0.25) is 0 Å². The Labute approximate surface area is 121 Å². The van der Waals surface area contributed by atoms with Gasteiger partial charge in [-0.25, -0.2) is 4.39 Å². The third kappa shape index (κ3) is 6.35. The average molecular weight is 283 g/mol. The van der Waals surface area contributed by atoms with Gasteiger partial charge < -0.3 is 15.2 Å². The Morgan fingerprint density at radius 1 is 1.30 bits per heavy atom. The minimum Gasteiger partial charge on any atom is -0.389 e. The fourth-order valence-corrected chi connectivity index (χ4v) is 1.94. The van der Waals surface area contributed by atoms with Crippen LogP contribution in [0, 0.1) is 12.7 Å². The summed E-state index contributed by atoms with van der Waals surface area (Å²) in [7, 11) is 0. The molecule has 3 nitrogen and oxygen atoms in total. The van der Waals surface area contributed by atoms with Gasteiger partial charge in [-0.05, 0) is 25.5 Å². The number of aliphatic hydroxyl groups is 1. The zero-order valence-electron chi connectivity index (χ0n) is 12.5. The van der Waals surface area contributed by atoms with E-state index in [9.17, 15) is 9.50 Å². The van der Waals surface area contributed by atoms with E-state index in [-0.39, 0.29) is 5.82 Å². The van der Waals surface area contributed by atoms with Crippen molar-refractivity contribution in [2.45, 2.75) is 45.6 Å². The first kappa shape index (κ1) is 16.9. The lowest BCUT2D eigenvalue weighted by Gasteiger charge is -2.15. The maximum atomic E-state index is 13.3. The molecule has 2 N–H and O–H groups in total. The predicted molar refractivity (Wildman–Crippen MR) is 80.6 cm³/mol. The van der Waals surface area contributed by atoms with E-state index < -0.39 is 6.10 Å². The molecule has 0 radical (unpaired) electrons. The monoisotopic (exact) mass is 283 g/mol. The van der Waals surface area contributed by atoms with E-state index in [0.29, 0.717) is 31.0 Å². The molecule has 1 aromatic rings. The third-order valence-electron chi connectivity index (χ3n) is 3.25. The first-order valence-electron chi connectivity index (χ1n) is 7.40. The second-order valence-electron chi connectivity index (χ2n) is 5.08. The zero-order valence-corrected chi connectivity index (χ0v) is 12.5. The highest BCUT2D eigenvalue weighted by atomic mass is 19.1. The SMILES string of the molecule is CCCCCCOCC(O)CNc1cccc(F)c1C. The summed E-state index contributed by atoms with van der Waals surface area (Å²) in [4.78, 5) is 0. The van der Waals surface area contributed by atoms with Crippen LogP contribution >= 0.6 is 0 Å². The van der Waals surface area contributed by atoms with E-state index in [1.165, 1.54) is 25.3 Å². The number of halogens is 1. The molecular formula is C16H26FNO2. The maximum absolute atomic E-state index is 13.3. The van der Waals surface area contributed by atoms with Crippen molar-refractivity contribution in [1.82, 2.24) is 0 Å². The Kier molecular flexibility index (Phi) is 8.23. The van der Waals surface area contributed by atoms with Crippen LogP contribution in [0.5, 0.6) is 0 Å². The Balaban J connectivity index is 2.16. The van der Waals surface area contributed by atoms with Gasteiger partial charge in [-0.3, -0.25) is 0 Å². The van der Waals surface area contributed by atoms with Gasteiger partial charge >= 0.3 is 0 Å². The lowest BCUT2D eigenvalue weighted by atomic mass is 10.2. The van der Waals surface area contributed by atoms with Gasteiger partial charge in [0.1, 0.15) is 5.82 Å². The Bertz CT molecular complexity index is 385. The molecule has 20 heavy (non-hydrogen) atoms. The fourth-order valence-electron chi connectivity index (χ4n) is 1.94. The number of aliphatic hydroxyl groups excluding tert-OH is 1. The molecule has 1 rings (SSSR count). The minimum absolute atomic E-state index is 0.239. The van der Waals surface area contributed by atoms with Crippen molar-refractivity contribution in [2.24, 2.45) is 0 Å². The minimum atomic E-state index is -0.580. The fraction of sp³-hybridized carbons (Fsp3) is 0.625. The highest BCUT2D eigenvalue weighted by Gasteiger charge is 2.07. The quantitative estimate of drug-likeness (QED) is 0.646. The maximum Gasteiger partial charge on any atom is 0.128 e. The van der Waals surface area contributed by atoms with Crippen LogP contribution < -0.4 is 5.32 Å². The number of hydrogen-bond acceptors (Lipinski definition) is 3. The van der Waals surface area contributed by atoms with Crippen molar-refractivity contribution in [1.29, 1.82) is 0 Å². The van der Waals surface area contributed by atoms with Crippen LogP contribution in [0.2, 0.25) is 0 Å². The molecule has 4 heteroatoms. The highest BCUT2D eigenvalue weighted by molar-refractivity contribution is 5.50. The molecule has 1 unspecified atom stereocenters. The Morgan fingerprint density at radius 3 is 2.85 bits per heavy atom. The van der Waals surface area contributed by atoms with E-state index in [4.69, 9.17) is 4.74 Å². The van der Waals surface area contributed by atoms with Crippen molar-refractivity contribution in [3.8, 4) is 0 Å². The number of benzene rings is 1. The average Bonchev–Trinajstić information content (AvgIpc) is 2.44. The lowest BCUT2D eigenvalue weighted by Crippen LogP contribution is -2.25. The standard InChI is InChI=1S/C16H26FNO2/c1-3-4-5-6-10-20-12-14(19)11-18-16-9-7-8-15(17)13(16)2/h7-9,14,18-19H,3-6,10-12H2,1-2H3. The molecule has 0 aromatic heterocycles. The summed E-state index contributed by atoms with van der Waals surface area (Å²) < 4.78 is 18.7. The van der Waals surface area contributed by atoms with Gasteiger partial charge in [0.25, 0.3) is 0 Å². The van der Waals surface area contributed by atoms with Crippen LogP contribution in [0.1, 0.15) is 38.2 Å². The third-order valence-corrected chi connectivity index (χ3v) is 3.25. The molecule has 0 amide bonds. The molecule has 0 bridgehead atoms. The number of unbranched alkanes of at least 4 members (excludes halogenated alkanes) is 3. The molecule has 0 saturated carbocycles. The van der Waals surface area contributed by atoms with Crippen molar-refractivity contribution in [2.75, 3.05) is 25.1 Å². The smallest absolute Gasteiger partial charge is 0.128 e. The predicted octanol–water partition coefficient (Wildman–Crippen LogP) is 3.50. The molecule has 0 spiro atoms. The lowest BCUT2D eigenvalue weighted by molar-refractivity contribution is 0.0416. The molecule has 0 heterocycles. The van der Waals surface area contributed by atoms with Crippen LogP contribution in [0.3, 0.4) is 0 Å². The van der Waals surface area contributed by atoms with Gasteiger partial charge in [-0.1, -0.05) is 32.3 Å². The van der Waals surface area contributed by atoms with Crippen LogP contribution in [0.4, 0.5) is 10.1 Å². The summed E-state index contributed by atoms with van der Waals surface area (Å²) in [6, 6.07) is 4.88. The zero-order chi connectivity index (χ0) is 14.8. The molecule has 114 valence electrons. The summed E-state index contributed by atoms with van der Waals surface area (Å²) in [5.41, 5.74) is 1.28. The van der Waals surface area contributed by atoms with E-state index in [2.05, 4.69) is 12.2 Å². The van der Waals surface area contributed by atoms with Gasteiger partial charge in [0, 0.05) is 24.4 Å². The molecule has 1 aromatic carbocycles. The molecule has 0 aliphatic heterocycles. The van der Waals surface area contributed by atoms with Crippen molar-refractivity contribution in [3.05, 3.63) is 29.6 Å². The first-order valence-corrected chi connectivity index (χ1v) is 7.40. The van der Waals surface area contributed by atoms with Crippen molar-refractivity contribution >= 4 is 5.69 Å². The summed E-state index contributed by atoms with van der Waals surface area (Å²) >= 11 is 0. The van der Waals surface area contributed by atoms with Crippen LogP contribution in [-0.4, -0.2) is 31.0 Å². The second kappa shape index (κ2) is 9.72. The van der Waals surface area contributed by atoms with Crippen molar-refractivity contribution < 1.29 is 14.2 Å². The van der Waals surface area contributed by atoms with Gasteiger partial charge in [-0.2, -0.15) is 0 Å². The molecule has 0 aliphatic carbocycles. The van der Waals surface area contributed by atoms with E-state index in [1.807, 2.05) is 0 Å². The van der Waals surface area contributed by atoms with E-state index in [1.54, 1.807) is 19.1 Å². The summed E-state index contributed by atoms with van der Waals surface area (Å²) in [5, 5.41) is 12.8. The van der Waals surface area contributed by atoms with Crippen LogP contribution in [0.15, 0.2) is 18.2 Å². The number of nitrogens with one attached hydrogen (secondary N) is 1. The van der Waals surface area contributed by atoms with Crippen LogP contribution in [-0.2, 0) is 4.74 Å². The molecule has 0 saturated heterocycles. The van der Waals surface area contributed by atoms with Crippen molar-refractivity contribution in [3.63, 3.8) is 0 Å². The summed E-state index contributed by atoms with van der Waals surface area (Å²) in [5.74, 6) is -0.239. The summed E-state index contributed by atoms with van der Waals surface area (Å²) in [6.45, 7) is 5.25. The van der Waals surface area contributed by atoms with Gasteiger partial charge in [0.15, 0.2) is 0 Å². The number of rotatable bonds is 10. The molecule has 1 atom stereocenters. The summed E-state index contributed by atoms with van der Waals surface area (Å²) in [6.07, 6.45) is 4.07. The van der Waals surface area contributed by atoms with Gasteiger partial charge in [-0.15, -0.1) is 0 Å². The molecular weight excluding hydrogens is 257 g/mol. The molecule has 0 aliphatic rings. The number of hydrogen-bond donors (Lipinski definition) is 2. The van der Waals surface area contributed by atoms with E-state index >= 15 is 0 Å². The topological polar surface area (TPSA) is 41.5 Å². The van der Waals surface area contributed by atoms with E-state index in [0.717, 1.165) is 6.42 Å². The second-order valence-corrected chi connectivity index (χ2v) is 5.08. The van der Waals surface area contributed by atoms with Gasteiger partial charge in [0.05, 0.1) is 12.7 Å².